The zero-order valence-electron chi connectivity index (χ0n) is 7.59. The molecule has 0 atom stereocenters. The molecule has 0 aliphatic carbocycles. The van der Waals surface area contributed by atoms with Crippen LogP contribution in [0.15, 0.2) is 0 Å². The second-order valence-corrected chi connectivity index (χ2v) is 1.88. The van der Waals surface area contributed by atoms with E-state index in [1.807, 2.05) is 14.1 Å². The molecule has 0 saturated heterocycles. The van der Waals surface area contributed by atoms with Gasteiger partial charge in [-0.05, 0) is 21.0 Å². The number of ether oxygens (including phenoxy) is 1. The number of hydrogen-bond acceptors (Lipinski definition) is 4. The summed E-state index contributed by atoms with van der Waals surface area (Å²) in [5.41, 5.74) is 0. The van der Waals surface area contributed by atoms with Crippen molar-refractivity contribution in [1.82, 2.24) is 5.32 Å². The van der Waals surface area contributed by atoms with E-state index in [0.29, 0.717) is 0 Å². The summed E-state index contributed by atoms with van der Waals surface area (Å²) in [6, 6.07) is 0. The van der Waals surface area contributed by atoms with Crippen molar-refractivity contribution in [2.45, 2.75) is 13.3 Å². The highest BCUT2D eigenvalue weighted by molar-refractivity contribution is 5.90. The summed E-state index contributed by atoms with van der Waals surface area (Å²) >= 11 is 0. The summed E-state index contributed by atoms with van der Waals surface area (Å²) in [7, 11) is 3.75. The first kappa shape index (κ1) is 13.5. The van der Waals surface area contributed by atoms with Crippen molar-refractivity contribution in [2.24, 2.45) is 0 Å². The fourth-order valence-electron chi connectivity index (χ4n) is 0.335. The highest BCUT2D eigenvalue weighted by Crippen LogP contribution is 1.84. The first-order valence-corrected chi connectivity index (χ1v) is 3.54. The Kier molecular flexibility index (Phi) is 11.1. The van der Waals surface area contributed by atoms with E-state index in [1.54, 1.807) is 6.92 Å². The SMILES string of the molecule is CCOC(=O)CC(=O)O.CNC. The molecule has 0 aliphatic heterocycles. The molecule has 2 N–H and O–H groups in total. The third-order valence-corrected chi connectivity index (χ3v) is 0.601. The third-order valence-electron chi connectivity index (χ3n) is 0.601. The molecule has 0 aliphatic rings. The molecule has 0 radical (unpaired) electrons. The predicted molar refractivity (Wildman–Crippen MR) is 43.9 cm³/mol. The van der Waals surface area contributed by atoms with Crippen molar-refractivity contribution >= 4 is 11.9 Å². The zero-order valence-corrected chi connectivity index (χ0v) is 7.59. The second kappa shape index (κ2) is 9.90. The Morgan fingerprint density at radius 2 is 1.83 bits per heavy atom. The van der Waals surface area contributed by atoms with Crippen LogP contribution in [-0.4, -0.2) is 37.7 Å². The van der Waals surface area contributed by atoms with Crippen LogP contribution >= 0.6 is 0 Å². The van der Waals surface area contributed by atoms with E-state index in [2.05, 4.69) is 10.1 Å². The minimum Gasteiger partial charge on any atom is -0.481 e. The predicted octanol–water partition coefficient (Wildman–Crippen LogP) is -0.140. The van der Waals surface area contributed by atoms with E-state index in [0.717, 1.165) is 0 Å². The number of esters is 1. The van der Waals surface area contributed by atoms with Crippen molar-refractivity contribution in [1.29, 1.82) is 0 Å². The average Bonchev–Trinajstić information content (AvgIpc) is 1.87. The molecule has 0 aromatic heterocycles. The zero-order chi connectivity index (χ0) is 9.98. The van der Waals surface area contributed by atoms with Gasteiger partial charge in [0.2, 0.25) is 0 Å². The minimum atomic E-state index is -1.16. The van der Waals surface area contributed by atoms with Gasteiger partial charge in [0.15, 0.2) is 0 Å². The summed E-state index contributed by atoms with van der Waals surface area (Å²) in [5, 5.41) is 10.8. The van der Waals surface area contributed by atoms with Crippen LogP contribution in [0, 0.1) is 0 Å². The standard InChI is InChI=1S/C5H8O4.C2H7N/c1-2-9-5(8)3-4(6)7;1-3-2/h2-3H2,1H3,(H,6,7);3H,1-2H3. The topological polar surface area (TPSA) is 75.6 Å². The van der Waals surface area contributed by atoms with Gasteiger partial charge < -0.3 is 15.2 Å². The Labute approximate surface area is 71.7 Å². The maximum atomic E-state index is 10.3. The van der Waals surface area contributed by atoms with Gasteiger partial charge in [-0.2, -0.15) is 0 Å². The molecule has 5 heteroatoms. The van der Waals surface area contributed by atoms with Gasteiger partial charge in [-0.15, -0.1) is 0 Å². The van der Waals surface area contributed by atoms with Crippen molar-refractivity contribution in [3.8, 4) is 0 Å². The molecule has 0 aromatic carbocycles. The summed E-state index contributed by atoms with van der Waals surface area (Å²) in [5.74, 6) is -1.85. The largest absolute Gasteiger partial charge is 0.481 e. The van der Waals surface area contributed by atoms with Gasteiger partial charge in [0.25, 0.3) is 0 Å². The molecule has 0 saturated carbocycles. The number of aliphatic carboxylic acids is 1. The number of rotatable bonds is 3. The van der Waals surface area contributed by atoms with E-state index < -0.39 is 18.4 Å². The van der Waals surface area contributed by atoms with E-state index in [-0.39, 0.29) is 6.61 Å². The summed E-state index contributed by atoms with van der Waals surface area (Å²) in [4.78, 5) is 20.0. The number of carbonyl (C=O) groups is 2. The van der Waals surface area contributed by atoms with Crippen molar-refractivity contribution in [2.75, 3.05) is 20.7 Å². The molecular weight excluding hydrogens is 162 g/mol. The van der Waals surface area contributed by atoms with Crippen molar-refractivity contribution in [3.05, 3.63) is 0 Å². The van der Waals surface area contributed by atoms with E-state index in [9.17, 15) is 9.59 Å². The normalized spacial score (nSPS) is 7.92. The Bertz CT molecular complexity index is 135. The molecular formula is C7H15NO4. The maximum Gasteiger partial charge on any atom is 0.317 e. The maximum absolute atomic E-state index is 10.3. The molecule has 0 heterocycles. The van der Waals surface area contributed by atoms with Gasteiger partial charge in [0.1, 0.15) is 6.42 Å². The van der Waals surface area contributed by atoms with E-state index in [1.165, 1.54) is 0 Å². The first-order chi connectivity index (χ1) is 5.58. The lowest BCUT2D eigenvalue weighted by atomic mass is 10.4. The van der Waals surface area contributed by atoms with Crippen molar-refractivity contribution < 1.29 is 19.4 Å². The molecule has 0 aromatic rings. The van der Waals surface area contributed by atoms with Gasteiger partial charge in [-0.3, -0.25) is 9.59 Å². The highest BCUT2D eigenvalue weighted by Gasteiger charge is 2.06. The van der Waals surface area contributed by atoms with Crippen LogP contribution in [-0.2, 0) is 14.3 Å². The van der Waals surface area contributed by atoms with Crippen LogP contribution < -0.4 is 5.32 Å². The smallest absolute Gasteiger partial charge is 0.317 e. The number of carboxylic acid groups (broad SMARTS) is 1. The molecule has 0 amide bonds. The molecule has 0 spiro atoms. The average molecular weight is 177 g/mol. The van der Waals surface area contributed by atoms with Gasteiger partial charge in [-0.1, -0.05) is 0 Å². The van der Waals surface area contributed by atoms with Crippen LogP contribution in [0.1, 0.15) is 13.3 Å². The molecule has 0 unspecified atom stereocenters. The third kappa shape index (κ3) is 16.0. The molecule has 12 heavy (non-hydrogen) atoms. The number of carbonyl (C=O) groups excluding carboxylic acids is 1. The van der Waals surface area contributed by atoms with Gasteiger partial charge >= 0.3 is 11.9 Å². The highest BCUT2D eigenvalue weighted by atomic mass is 16.5. The molecule has 0 fully saturated rings. The molecule has 5 nitrogen and oxygen atoms in total. The lowest BCUT2D eigenvalue weighted by molar-refractivity contribution is -0.150. The van der Waals surface area contributed by atoms with Gasteiger partial charge in [0, 0.05) is 0 Å². The Hall–Kier alpha value is -1.10. The Morgan fingerprint density at radius 3 is 2.08 bits per heavy atom. The van der Waals surface area contributed by atoms with E-state index >= 15 is 0 Å². The molecule has 72 valence electrons. The summed E-state index contributed by atoms with van der Waals surface area (Å²) in [6.45, 7) is 1.85. The lowest BCUT2D eigenvalue weighted by Crippen LogP contribution is -2.09. The monoisotopic (exact) mass is 177 g/mol. The minimum absolute atomic E-state index is 0.228. The van der Waals surface area contributed by atoms with Crippen LogP contribution in [0.2, 0.25) is 0 Å². The summed E-state index contributed by atoms with van der Waals surface area (Å²) in [6.07, 6.45) is -0.548. The van der Waals surface area contributed by atoms with E-state index in [4.69, 9.17) is 5.11 Å². The number of hydrogen-bond donors (Lipinski definition) is 2. The summed E-state index contributed by atoms with van der Waals surface area (Å²) < 4.78 is 4.33. The Morgan fingerprint density at radius 1 is 1.42 bits per heavy atom. The molecule has 0 bridgehead atoms. The number of nitrogens with one attached hydrogen (secondary N) is 1. The van der Waals surface area contributed by atoms with Crippen molar-refractivity contribution in [3.63, 3.8) is 0 Å². The van der Waals surface area contributed by atoms with Gasteiger partial charge in [0.05, 0.1) is 6.61 Å². The molecule has 0 rings (SSSR count). The number of carboxylic acids is 1. The quantitative estimate of drug-likeness (QED) is 0.463. The Balaban J connectivity index is 0. The second-order valence-electron chi connectivity index (χ2n) is 1.88. The fourth-order valence-corrected chi connectivity index (χ4v) is 0.335. The van der Waals surface area contributed by atoms with Crippen LogP contribution in [0.4, 0.5) is 0 Å². The van der Waals surface area contributed by atoms with Crippen LogP contribution in [0.25, 0.3) is 0 Å². The fraction of sp³-hybridized carbons (Fsp3) is 0.714. The lowest BCUT2D eigenvalue weighted by Gasteiger charge is -1.95. The van der Waals surface area contributed by atoms with Crippen LogP contribution in [0.5, 0.6) is 0 Å². The first-order valence-electron chi connectivity index (χ1n) is 3.54. The van der Waals surface area contributed by atoms with Gasteiger partial charge in [-0.25, -0.2) is 0 Å². The van der Waals surface area contributed by atoms with Crippen LogP contribution in [0.3, 0.4) is 0 Å².